The Morgan fingerprint density at radius 1 is 1.23 bits per heavy atom. The second kappa shape index (κ2) is 8.45. The molecule has 0 radical (unpaired) electrons. The van der Waals surface area contributed by atoms with Crippen LogP contribution in [-0.2, 0) is 14.8 Å². The van der Waals surface area contributed by atoms with Gasteiger partial charge in [0.05, 0.1) is 4.90 Å². The van der Waals surface area contributed by atoms with Gasteiger partial charge in [0, 0.05) is 10.7 Å². The van der Waals surface area contributed by atoms with Gasteiger partial charge in [-0.05, 0) is 67.2 Å². The first-order valence-electron chi connectivity index (χ1n) is 7.28. The molecule has 2 rings (SSSR count). The minimum atomic E-state index is -3.76. The fraction of sp³-hybridized carbons (Fsp3) is 0.125. The van der Waals surface area contributed by atoms with E-state index in [9.17, 15) is 13.2 Å². The maximum Gasteiger partial charge on any atom is 0.264 e. The number of benzene rings is 2. The third-order valence-electron chi connectivity index (χ3n) is 3.19. The Bertz CT molecular complexity index is 931. The van der Waals surface area contributed by atoms with E-state index in [1.54, 1.807) is 18.2 Å². The molecule has 0 bridgehead atoms. The molecule has 0 unspecified atom stereocenters. The van der Waals surface area contributed by atoms with E-state index in [-0.39, 0.29) is 16.6 Å². The summed E-state index contributed by atoms with van der Waals surface area (Å²) in [6.07, 6.45) is 0. The van der Waals surface area contributed by atoms with Crippen molar-refractivity contribution >= 4 is 50.5 Å². The summed E-state index contributed by atoms with van der Waals surface area (Å²) in [6, 6.07) is 10.7. The highest BCUT2D eigenvalue weighted by atomic mass is 35.5. The van der Waals surface area contributed by atoms with Crippen LogP contribution in [0.15, 0.2) is 47.4 Å². The number of hydrogen-bond donors (Lipinski definition) is 3. The number of carbonyl (C=O) groups excluding carboxylic acids is 1. The summed E-state index contributed by atoms with van der Waals surface area (Å²) >= 11 is 10.9. The minimum Gasteiger partial charge on any atom is -0.483 e. The van der Waals surface area contributed by atoms with Gasteiger partial charge in [0.2, 0.25) is 10.0 Å². The van der Waals surface area contributed by atoms with Gasteiger partial charge in [-0.2, -0.15) is 0 Å². The Morgan fingerprint density at radius 2 is 1.88 bits per heavy atom. The van der Waals surface area contributed by atoms with Gasteiger partial charge in [-0.25, -0.2) is 13.6 Å². The van der Waals surface area contributed by atoms with Gasteiger partial charge in [0.15, 0.2) is 11.7 Å². The Balaban J connectivity index is 1.86. The van der Waals surface area contributed by atoms with Crippen molar-refractivity contribution in [3.05, 3.63) is 53.1 Å². The highest BCUT2D eigenvalue weighted by Gasteiger charge is 2.09. The van der Waals surface area contributed by atoms with E-state index in [0.29, 0.717) is 16.5 Å². The lowest BCUT2D eigenvalue weighted by atomic mass is 10.2. The molecule has 0 fully saturated rings. The number of thiocarbonyl (C=S) groups is 1. The Hall–Kier alpha value is -2.20. The average Bonchev–Trinajstić information content (AvgIpc) is 2.53. The first kappa shape index (κ1) is 20.1. The summed E-state index contributed by atoms with van der Waals surface area (Å²) < 4.78 is 27.8. The van der Waals surface area contributed by atoms with E-state index < -0.39 is 15.9 Å². The van der Waals surface area contributed by atoms with Crippen LogP contribution >= 0.6 is 23.8 Å². The van der Waals surface area contributed by atoms with Crippen molar-refractivity contribution in [3.8, 4) is 5.75 Å². The molecule has 0 aromatic heterocycles. The minimum absolute atomic E-state index is 0.0234. The molecule has 10 heteroatoms. The number of nitrogens with one attached hydrogen (secondary N) is 2. The Labute approximate surface area is 161 Å². The number of ether oxygens (including phenoxy) is 1. The monoisotopic (exact) mass is 413 g/mol. The van der Waals surface area contributed by atoms with Gasteiger partial charge in [-0.15, -0.1) is 0 Å². The lowest BCUT2D eigenvalue weighted by molar-refractivity contribution is -0.121. The molecule has 138 valence electrons. The molecule has 2 aromatic carbocycles. The Morgan fingerprint density at radius 3 is 2.46 bits per heavy atom. The molecule has 0 saturated carbocycles. The van der Waals surface area contributed by atoms with Crippen molar-refractivity contribution in [1.29, 1.82) is 0 Å². The second-order valence-electron chi connectivity index (χ2n) is 5.27. The summed E-state index contributed by atoms with van der Waals surface area (Å²) in [6.45, 7) is 1.59. The van der Waals surface area contributed by atoms with Gasteiger partial charge >= 0.3 is 0 Å². The molecule has 0 aliphatic rings. The zero-order valence-corrected chi connectivity index (χ0v) is 16.0. The fourth-order valence-electron chi connectivity index (χ4n) is 1.97. The van der Waals surface area contributed by atoms with Crippen molar-refractivity contribution in [2.75, 3.05) is 11.9 Å². The summed E-state index contributed by atoms with van der Waals surface area (Å²) in [5, 5.41) is 10.9. The molecular formula is C16H16ClN3O4S2. The molecule has 2 aromatic rings. The number of amides is 1. The van der Waals surface area contributed by atoms with Crippen LogP contribution in [0, 0.1) is 6.92 Å². The number of halogens is 1. The fourth-order valence-corrected chi connectivity index (χ4v) is 2.94. The zero-order chi connectivity index (χ0) is 19.3. The van der Waals surface area contributed by atoms with Crippen molar-refractivity contribution in [1.82, 2.24) is 5.32 Å². The number of aryl methyl sites for hydroxylation is 1. The van der Waals surface area contributed by atoms with Gasteiger partial charge < -0.3 is 10.1 Å². The molecule has 1 amide bonds. The highest BCUT2D eigenvalue weighted by Crippen LogP contribution is 2.21. The van der Waals surface area contributed by atoms with Crippen molar-refractivity contribution in [2.45, 2.75) is 11.8 Å². The van der Waals surface area contributed by atoms with Crippen molar-refractivity contribution < 1.29 is 17.9 Å². The lowest BCUT2D eigenvalue weighted by Crippen LogP contribution is -2.37. The normalized spacial score (nSPS) is 10.9. The first-order valence-corrected chi connectivity index (χ1v) is 9.61. The number of hydrogen-bond acceptors (Lipinski definition) is 5. The van der Waals surface area contributed by atoms with E-state index in [0.717, 1.165) is 5.56 Å². The maximum absolute atomic E-state index is 11.9. The average molecular weight is 414 g/mol. The third kappa shape index (κ3) is 5.95. The molecule has 7 nitrogen and oxygen atoms in total. The largest absolute Gasteiger partial charge is 0.483 e. The van der Waals surface area contributed by atoms with Crippen LogP contribution in [0.2, 0.25) is 5.02 Å². The standard InChI is InChI=1S/C16H16ClN3O4S2/c1-10-8-11(17)2-7-14(10)24-9-15(21)20-16(25)19-12-3-5-13(6-4-12)26(18,22)23/h2-8H,9H2,1H3,(H2,18,22,23)(H2,19,20,21,25). The summed E-state index contributed by atoms with van der Waals surface area (Å²) in [7, 11) is -3.76. The molecule has 0 saturated heterocycles. The van der Waals surface area contributed by atoms with E-state index in [1.165, 1.54) is 24.3 Å². The predicted octanol–water partition coefficient (Wildman–Crippen LogP) is 2.19. The van der Waals surface area contributed by atoms with E-state index in [2.05, 4.69) is 10.6 Å². The van der Waals surface area contributed by atoms with Gasteiger partial charge in [-0.1, -0.05) is 11.6 Å². The molecule has 0 heterocycles. The number of carbonyl (C=O) groups is 1. The smallest absolute Gasteiger partial charge is 0.264 e. The number of primary sulfonamides is 1. The van der Waals surface area contributed by atoms with Crippen LogP contribution < -0.4 is 20.5 Å². The van der Waals surface area contributed by atoms with Crippen LogP contribution in [0.4, 0.5) is 5.69 Å². The molecule has 26 heavy (non-hydrogen) atoms. The molecule has 0 aliphatic heterocycles. The van der Waals surface area contributed by atoms with Gasteiger partial charge in [0.25, 0.3) is 5.91 Å². The summed E-state index contributed by atoms with van der Waals surface area (Å²) in [5.41, 5.74) is 1.30. The van der Waals surface area contributed by atoms with Crippen LogP contribution in [-0.4, -0.2) is 26.0 Å². The molecule has 0 aliphatic carbocycles. The van der Waals surface area contributed by atoms with E-state index in [1.807, 2.05) is 6.92 Å². The molecule has 0 atom stereocenters. The predicted molar refractivity (Wildman–Crippen MR) is 104 cm³/mol. The zero-order valence-electron chi connectivity index (χ0n) is 13.7. The molecular weight excluding hydrogens is 398 g/mol. The third-order valence-corrected chi connectivity index (χ3v) is 4.56. The van der Waals surface area contributed by atoms with Crippen molar-refractivity contribution in [3.63, 3.8) is 0 Å². The van der Waals surface area contributed by atoms with Crippen LogP contribution in [0.3, 0.4) is 0 Å². The second-order valence-corrected chi connectivity index (χ2v) is 7.68. The number of sulfonamides is 1. The molecule has 0 spiro atoms. The van der Waals surface area contributed by atoms with E-state index >= 15 is 0 Å². The van der Waals surface area contributed by atoms with Crippen molar-refractivity contribution in [2.24, 2.45) is 5.14 Å². The highest BCUT2D eigenvalue weighted by molar-refractivity contribution is 7.89. The Kier molecular flexibility index (Phi) is 6.54. The van der Waals surface area contributed by atoms with Crippen LogP contribution in [0.5, 0.6) is 5.75 Å². The van der Waals surface area contributed by atoms with E-state index in [4.69, 9.17) is 33.7 Å². The number of anilines is 1. The first-order chi connectivity index (χ1) is 12.1. The van der Waals surface area contributed by atoms with Crippen LogP contribution in [0.1, 0.15) is 5.56 Å². The van der Waals surface area contributed by atoms with Gasteiger partial charge in [0.1, 0.15) is 5.75 Å². The molecule has 4 N–H and O–H groups in total. The topological polar surface area (TPSA) is 111 Å². The van der Waals surface area contributed by atoms with Crippen LogP contribution in [0.25, 0.3) is 0 Å². The van der Waals surface area contributed by atoms with Gasteiger partial charge in [-0.3, -0.25) is 10.1 Å². The quantitative estimate of drug-likeness (QED) is 0.648. The summed E-state index contributed by atoms with van der Waals surface area (Å²) in [5.74, 6) is 0.0972. The summed E-state index contributed by atoms with van der Waals surface area (Å²) in [4.78, 5) is 11.9. The lowest BCUT2D eigenvalue weighted by Gasteiger charge is -2.12. The SMILES string of the molecule is Cc1cc(Cl)ccc1OCC(=O)NC(=S)Nc1ccc(S(N)(=O)=O)cc1. The maximum atomic E-state index is 11.9. The number of nitrogens with two attached hydrogens (primary N) is 1. The number of rotatable bonds is 5.